The molecular formula is C21H26N2O2. The zero-order valence-electron chi connectivity index (χ0n) is 15.0. The van der Waals surface area contributed by atoms with E-state index >= 15 is 0 Å². The van der Waals surface area contributed by atoms with Crippen molar-refractivity contribution in [3.05, 3.63) is 59.7 Å². The van der Waals surface area contributed by atoms with Crippen LogP contribution in [-0.4, -0.2) is 31.6 Å². The van der Waals surface area contributed by atoms with Gasteiger partial charge in [-0.15, -0.1) is 0 Å². The van der Waals surface area contributed by atoms with Crippen LogP contribution < -0.4 is 15.0 Å². The molecule has 4 heteroatoms. The van der Waals surface area contributed by atoms with Crippen LogP contribution in [-0.2, 0) is 11.2 Å². The van der Waals surface area contributed by atoms with Gasteiger partial charge in [-0.1, -0.05) is 36.4 Å². The SMILES string of the molecule is Cc1ccccc1O[C@H](C)C(=O)NCCCN1CCc2ccccc21. The maximum absolute atomic E-state index is 12.2. The van der Waals surface area contributed by atoms with Crippen LogP contribution in [0.2, 0.25) is 0 Å². The number of ether oxygens (including phenoxy) is 1. The van der Waals surface area contributed by atoms with Gasteiger partial charge >= 0.3 is 0 Å². The van der Waals surface area contributed by atoms with E-state index in [-0.39, 0.29) is 5.91 Å². The molecule has 0 fully saturated rings. The fourth-order valence-electron chi connectivity index (χ4n) is 3.20. The van der Waals surface area contributed by atoms with Crippen molar-refractivity contribution in [1.82, 2.24) is 5.32 Å². The second-order valence-corrected chi connectivity index (χ2v) is 6.54. The number of rotatable bonds is 7. The Kier molecular flexibility index (Phi) is 5.59. The molecule has 1 heterocycles. The first-order valence-corrected chi connectivity index (χ1v) is 8.98. The van der Waals surface area contributed by atoms with Gasteiger partial charge in [0.1, 0.15) is 5.75 Å². The standard InChI is InChI=1S/C21H26N2O2/c1-16-8-3-6-11-20(16)25-17(2)21(24)22-13-7-14-23-15-12-18-9-4-5-10-19(18)23/h3-6,8-11,17H,7,12-15H2,1-2H3,(H,22,24)/t17-/m1/s1. The summed E-state index contributed by atoms with van der Waals surface area (Å²) in [6, 6.07) is 16.3. The van der Waals surface area contributed by atoms with Crippen molar-refractivity contribution < 1.29 is 9.53 Å². The normalized spacial score (nSPS) is 14.1. The van der Waals surface area contributed by atoms with E-state index < -0.39 is 6.10 Å². The Morgan fingerprint density at radius 2 is 1.96 bits per heavy atom. The maximum Gasteiger partial charge on any atom is 0.260 e. The number of fused-ring (bicyclic) bond motifs is 1. The molecule has 25 heavy (non-hydrogen) atoms. The molecule has 1 aliphatic heterocycles. The van der Waals surface area contributed by atoms with E-state index in [0.717, 1.165) is 37.2 Å². The monoisotopic (exact) mass is 338 g/mol. The average Bonchev–Trinajstić information content (AvgIpc) is 3.03. The van der Waals surface area contributed by atoms with Gasteiger partial charge in [-0.3, -0.25) is 4.79 Å². The smallest absolute Gasteiger partial charge is 0.260 e. The molecule has 0 aromatic heterocycles. The highest BCUT2D eigenvalue weighted by atomic mass is 16.5. The Morgan fingerprint density at radius 1 is 1.20 bits per heavy atom. The van der Waals surface area contributed by atoms with E-state index in [9.17, 15) is 4.79 Å². The number of nitrogens with zero attached hydrogens (tertiary/aromatic N) is 1. The van der Waals surface area contributed by atoms with Gasteiger partial charge in [-0.05, 0) is 49.9 Å². The Labute approximate surface area is 149 Å². The van der Waals surface area contributed by atoms with Crippen LogP contribution in [0.15, 0.2) is 48.5 Å². The van der Waals surface area contributed by atoms with Crippen molar-refractivity contribution >= 4 is 11.6 Å². The average molecular weight is 338 g/mol. The highest BCUT2D eigenvalue weighted by molar-refractivity contribution is 5.80. The maximum atomic E-state index is 12.2. The summed E-state index contributed by atoms with van der Waals surface area (Å²) < 4.78 is 5.76. The predicted molar refractivity (Wildman–Crippen MR) is 101 cm³/mol. The number of benzene rings is 2. The molecule has 3 rings (SSSR count). The fourth-order valence-corrected chi connectivity index (χ4v) is 3.20. The number of hydrogen-bond acceptors (Lipinski definition) is 3. The Hall–Kier alpha value is -2.49. The zero-order valence-corrected chi connectivity index (χ0v) is 15.0. The molecular weight excluding hydrogens is 312 g/mol. The number of carbonyl (C=O) groups is 1. The lowest BCUT2D eigenvalue weighted by molar-refractivity contribution is -0.127. The van der Waals surface area contributed by atoms with Gasteiger partial charge in [0.05, 0.1) is 0 Å². The molecule has 0 unspecified atom stereocenters. The molecule has 2 aromatic rings. The van der Waals surface area contributed by atoms with E-state index in [4.69, 9.17) is 4.74 Å². The van der Waals surface area contributed by atoms with Crippen molar-refractivity contribution in [3.8, 4) is 5.75 Å². The minimum Gasteiger partial charge on any atom is -0.481 e. The molecule has 1 aliphatic rings. The highest BCUT2D eigenvalue weighted by Crippen LogP contribution is 2.27. The third kappa shape index (κ3) is 4.32. The fraction of sp³-hybridized carbons (Fsp3) is 0.381. The minimum atomic E-state index is -0.492. The van der Waals surface area contributed by atoms with Crippen molar-refractivity contribution in [2.75, 3.05) is 24.5 Å². The summed E-state index contributed by atoms with van der Waals surface area (Å²) in [4.78, 5) is 14.6. The molecule has 0 radical (unpaired) electrons. The van der Waals surface area contributed by atoms with E-state index in [2.05, 4.69) is 34.5 Å². The van der Waals surface area contributed by atoms with Crippen LogP contribution in [0.1, 0.15) is 24.5 Å². The first kappa shape index (κ1) is 17.3. The molecule has 132 valence electrons. The molecule has 0 bridgehead atoms. The van der Waals surface area contributed by atoms with Crippen LogP contribution in [0, 0.1) is 6.92 Å². The molecule has 4 nitrogen and oxygen atoms in total. The molecule has 2 aromatic carbocycles. The second kappa shape index (κ2) is 8.06. The molecule has 1 N–H and O–H groups in total. The van der Waals surface area contributed by atoms with Gasteiger partial charge in [0.2, 0.25) is 0 Å². The highest BCUT2D eigenvalue weighted by Gasteiger charge is 2.18. The Balaban J connectivity index is 1.40. The number of hydrogen-bond donors (Lipinski definition) is 1. The number of aryl methyl sites for hydroxylation is 1. The van der Waals surface area contributed by atoms with Gasteiger partial charge in [0.15, 0.2) is 6.10 Å². The largest absolute Gasteiger partial charge is 0.481 e. The van der Waals surface area contributed by atoms with Crippen molar-refractivity contribution in [3.63, 3.8) is 0 Å². The summed E-state index contributed by atoms with van der Waals surface area (Å²) in [7, 11) is 0. The summed E-state index contributed by atoms with van der Waals surface area (Å²) in [6.45, 7) is 6.47. The van der Waals surface area contributed by atoms with Gasteiger partial charge < -0.3 is 15.0 Å². The van der Waals surface area contributed by atoms with Gasteiger partial charge in [0, 0.05) is 25.3 Å². The first-order chi connectivity index (χ1) is 12.1. The third-order valence-corrected chi connectivity index (χ3v) is 4.65. The Morgan fingerprint density at radius 3 is 2.80 bits per heavy atom. The van der Waals surface area contributed by atoms with E-state index in [1.165, 1.54) is 11.3 Å². The van der Waals surface area contributed by atoms with Crippen molar-refractivity contribution in [1.29, 1.82) is 0 Å². The quantitative estimate of drug-likeness (QED) is 0.788. The van der Waals surface area contributed by atoms with Crippen molar-refractivity contribution in [2.24, 2.45) is 0 Å². The number of anilines is 1. The lowest BCUT2D eigenvalue weighted by Crippen LogP contribution is -2.38. The lowest BCUT2D eigenvalue weighted by atomic mass is 10.2. The van der Waals surface area contributed by atoms with Gasteiger partial charge in [-0.2, -0.15) is 0 Å². The van der Waals surface area contributed by atoms with E-state index in [1.807, 2.05) is 31.2 Å². The van der Waals surface area contributed by atoms with Crippen LogP contribution in [0.25, 0.3) is 0 Å². The molecule has 0 spiro atoms. The summed E-state index contributed by atoms with van der Waals surface area (Å²) in [5, 5.41) is 2.98. The molecule has 0 aliphatic carbocycles. The van der Waals surface area contributed by atoms with E-state index in [0.29, 0.717) is 6.54 Å². The predicted octanol–water partition coefficient (Wildman–Crippen LogP) is 3.33. The van der Waals surface area contributed by atoms with Crippen LogP contribution in [0.3, 0.4) is 0 Å². The molecule has 1 amide bonds. The number of amides is 1. The van der Waals surface area contributed by atoms with Crippen molar-refractivity contribution in [2.45, 2.75) is 32.8 Å². The third-order valence-electron chi connectivity index (χ3n) is 4.65. The first-order valence-electron chi connectivity index (χ1n) is 8.98. The lowest BCUT2D eigenvalue weighted by Gasteiger charge is -2.20. The van der Waals surface area contributed by atoms with Crippen LogP contribution in [0.4, 0.5) is 5.69 Å². The summed E-state index contributed by atoms with van der Waals surface area (Å²) in [5.41, 5.74) is 3.80. The van der Waals surface area contributed by atoms with Crippen LogP contribution in [0.5, 0.6) is 5.75 Å². The summed E-state index contributed by atoms with van der Waals surface area (Å²) >= 11 is 0. The summed E-state index contributed by atoms with van der Waals surface area (Å²) in [5.74, 6) is 0.698. The van der Waals surface area contributed by atoms with Gasteiger partial charge in [-0.25, -0.2) is 0 Å². The second-order valence-electron chi connectivity index (χ2n) is 6.54. The number of para-hydroxylation sites is 2. The molecule has 0 saturated heterocycles. The zero-order chi connectivity index (χ0) is 17.6. The molecule has 0 saturated carbocycles. The summed E-state index contributed by atoms with van der Waals surface area (Å²) in [6.07, 6.45) is 1.55. The topological polar surface area (TPSA) is 41.6 Å². The molecule has 1 atom stereocenters. The van der Waals surface area contributed by atoms with Gasteiger partial charge in [0.25, 0.3) is 5.91 Å². The van der Waals surface area contributed by atoms with E-state index in [1.54, 1.807) is 6.92 Å². The minimum absolute atomic E-state index is 0.0647. The Bertz CT molecular complexity index is 729. The van der Waals surface area contributed by atoms with Crippen LogP contribution >= 0.6 is 0 Å². The number of nitrogens with one attached hydrogen (secondary N) is 1. The number of carbonyl (C=O) groups excluding carboxylic acids is 1.